The Morgan fingerprint density at radius 3 is 2.52 bits per heavy atom. The van der Waals surface area contributed by atoms with Crippen molar-refractivity contribution in [2.45, 2.75) is 26.4 Å². The summed E-state index contributed by atoms with van der Waals surface area (Å²) in [4.78, 5) is 15.6. The maximum Gasteiger partial charge on any atom is 0.269 e. The number of rotatable bonds is 4. The Morgan fingerprint density at radius 1 is 1.17 bits per heavy atom. The molecule has 0 saturated heterocycles. The highest BCUT2D eigenvalue weighted by molar-refractivity contribution is 5.92. The van der Waals surface area contributed by atoms with Gasteiger partial charge in [-0.3, -0.25) is 9.78 Å². The monoisotopic (exact) mass is 315 g/mol. The van der Waals surface area contributed by atoms with Crippen LogP contribution in [0.4, 0.5) is 5.69 Å². The van der Waals surface area contributed by atoms with E-state index >= 15 is 0 Å². The molecule has 2 rings (SSSR count). The lowest BCUT2D eigenvalue weighted by Crippen LogP contribution is -2.23. The smallest absolute Gasteiger partial charge is 0.269 e. The Kier molecular flexibility index (Phi) is 4.74. The van der Waals surface area contributed by atoms with Gasteiger partial charge in [0.05, 0.1) is 5.69 Å². The number of benzene rings is 1. The van der Waals surface area contributed by atoms with Gasteiger partial charge >= 0.3 is 0 Å². The van der Waals surface area contributed by atoms with Crippen molar-refractivity contribution in [2.24, 2.45) is 0 Å². The number of ether oxygens (including phenoxy) is 2. The van der Waals surface area contributed by atoms with Gasteiger partial charge in [-0.15, -0.1) is 0 Å². The first-order chi connectivity index (χ1) is 10.8. The molecule has 23 heavy (non-hydrogen) atoms. The third kappa shape index (κ3) is 4.60. The zero-order valence-electron chi connectivity index (χ0n) is 13.7. The number of nitrogen functional groups attached to an aromatic ring is 1. The summed E-state index contributed by atoms with van der Waals surface area (Å²) in [7, 11) is 1.55. The first-order valence-electron chi connectivity index (χ1n) is 7.23. The molecular weight excluding hydrogens is 294 g/mol. The Labute approximate surface area is 135 Å². The molecule has 0 aliphatic carbocycles. The summed E-state index contributed by atoms with van der Waals surface area (Å²) in [5.74, 6) is 1.35. The van der Waals surface area contributed by atoms with Gasteiger partial charge in [0.15, 0.2) is 0 Å². The zero-order valence-corrected chi connectivity index (χ0v) is 13.7. The van der Waals surface area contributed by atoms with E-state index in [0.717, 1.165) is 0 Å². The van der Waals surface area contributed by atoms with E-state index < -0.39 is 0 Å². The number of pyridine rings is 1. The summed E-state index contributed by atoms with van der Waals surface area (Å²) in [6, 6.07) is 8.43. The highest BCUT2D eigenvalue weighted by Gasteiger charge is 2.15. The van der Waals surface area contributed by atoms with Crippen LogP contribution in [0.1, 0.15) is 31.3 Å². The molecule has 0 spiro atoms. The van der Waals surface area contributed by atoms with E-state index in [9.17, 15) is 4.79 Å². The maximum atomic E-state index is 11.6. The lowest BCUT2D eigenvalue weighted by molar-refractivity contribution is 0.0957. The predicted octanol–water partition coefficient (Wildman–Crippen LogP) is 2.99. The highest BCUT2D eigenvalue weighted by Crippen LogP contribution is 2.32. The first-order valence-corrected chi connectivity index (χ1v) is 7.23. The maximum absolute atomic E-state index is 11.6. The van der Waals surface area contributed by atoms with E-state index in [-0.39, 0.29) is 17.2 Å². The summed E-state index contributed by atoms with van der Waals surface area (Å²) in [6.07, 6.45) is 1.52. The minimum absolute atomic E-state index is 0.274. The van der Waals surface area contributed by atoms with Crippen molar-refractivity contribution >= 4 is 11.6 Å². The second-order valence-corrected chi connectivity index (χ2v) is 5.97. The molecule has 1 amide bonds. The summed E-state index contributed by atoms with van der Waals surface area (Å²) in [5.41, 5.74) is 6.38. The predicted molar refractivity (Wildman–Crippen MR) is 88.9 cm³/mol. The SMILES string of the molecule is CNC(=O)c1cc(Oc2ccc(N)c(OC(C)(C)C)c2)ccn1. The number of nitrogens with one attached hydrogen (secondary N) is 1. The van der Waals surface area contributed by atoms with Gasteiger partial charge in [-0.25, -0.2) is 0 Å². The Bertz CT molecular complexity index is 708. The van der Waals surface area contributed by atoms with Crippen molar-refractivity contribution in [3.63, 3.8) is 0 Å². The summed E-state index contributed by atoms with van der Waals surface area (Å²) < 4.78 is 11.6. The van der Waals surface area contributed by atoms with Crippen molar-refractivity contribution in [3.05, 3.63) is 42.2 Å². The molecular formula is C17H21N3O3. The van der Waals surface area contributed by atoms with Crippen molar-refractivity contribution in [3.8, 4) is 17.2 Å². The van der Waals surface area contributed by atoms with E-state index in [1.54, 1.807) is 37.4 Å². The standard InChI is InChI=1S/C17H21N3O3/c1-17(2,3)23-15-10-11(5-6-13(15)18)22-12-7-8-20-14(9-12)16(21)19-4/h5-10H,18H2,1-4H3,(H,19,21). The molecule has 0 atom stereocenters. The second kappa shape index (κ2) is 6.56. The number of carbonyl (C=O) groups is 1. The van der Waals surface area contributed by atoms with Crippen LogP contribution in [0.5, 0.6) is 17.2 Å². The average molecular weight is 315 g/mol. The number of amides is 1. The fourth-order valence-electron chi connectivity index (χ4n) is 1.86. The van der Waals surface area contributed by atoms with Crippen LogP contribution in [0, 0.1) is 0 Å². The molecule has 3 N–H and O–H groups in total. The summed E-state index contributed by atoms with van der Waals surface area (Å²) >= 11 is 0. The quantitative estimate of drug-likeness (QED) is 0.847. The lowest BCUT2D eigenvalue weighted by atomic mass is 10.2. The first kappa shape index (κ1) is 16.6. The summed E-state index contributed by atoms with van der Waals surface area (Å²) in [6.45, 7) is 5.83. The molecule has 122 valence electrons. The van der Waals surface area contributed by atoms with Gasteiger partial charge in [0.25, 0.3) is 5.91 Å². The molecule has 2 aromatic rings. The Hall–Kier alpha value is -2.76. The Morgan fingerprint density at radius 2 is 1.87 bits per heavy atom. The van der Waals surface area contributed by atoms with E-state index in [1.165, 1.54) is 6.20 Å². The number of nitrogens with zero attached hydrogens (tertiary/aromatic N) is 1. The number of carbonyl (C=O) groups excluding carboxylic acids is 1. The highest BCUT2D eigenvalue weighted by atomic mass is 16.5. The van der Waals surface area contributed by atoms with E-state index in [4.69, 9.17) is 15.2 Å². The van der Waals surface area contributed by atoms with Crippen LogP contribution in [0.25, 0.3) is 0 Å². The largest absolute Gasteiger partial charge is 0.486 e. The van der Waals surface area contributed by atoms with Crippen molar-refractivity contribution in [1.82, 2.24) is 10.3 Å². The molecule has 0 bridgehead atoms. The molecule has 0 radical (unpaired) electrons. The van der Waals surface area contributed by atoms with Crippen LogP contribution < -0.4 is 20.5 Å². The summed E-state index contributed by atoms with van der Waals surface area (Å²) in [5, 5.41) is 2.52. The average Bonchev–Trinajstić information content (AvgIpc) is 2.49. The van der Waals surface area contributed by atoms with Crippen LogP contribution in [0.15, 0.2) is 36.5 Å². The number of hydrogen-bond donors (Lipinski definition) is 2. The van der Waals surface area contributed by atoms with Crippen molar-refractivity contribution in [1.29, 1.82) is 0 Å². The lowest BCUT2D eigenvalue weighted by Gasteiger charge is -2.22. The Balaban J connectivity index is 2.23. The number of nitrogens with two attached hydrogens (primary N) is 1. The normalized spacial score (nSPS) is 11.0. The van der Waals surface area contributed by atoms with Gasteiger partial charge in [-0.1, -0.05) is 0 Å². The zero-order chi connectivity index (χ0) is 17.0. The van der Waals surface area contributed by atoms with Crippen molar-refractivity contribution in [2.75, 3.05) is 12.8 Å². The number of aromatic nitrogens is 1. The van der Waals surface area contributed by atoms with E-state index in [1.807, 2.05) is 20.8 Å². The van der Waals surface area contributed by atoms with Gasteiger partial charge in [0, 0.05) is 25.4 Å². The molecule has 6 heteroatoms. The molecule has 1 heterocycles. The topological polar surface area (TPSA) is 86.5 Å². The molecule has 1 aromatic carbocycles. The van der Waals surface area contributed by atoms with Gasteiger partial charge in [-0.05, 0) is 39.0 Å². The molecule has 0 aliphatic heterocycles. The molecule has 6 nitrogen and oxygen atoms in total. The van der Waals surface area contributed by atoms with Gasteiger partial charge in [0.1, 0.15) is 28.5 Å². The van der Waals surface area contributed by atoms with E-state index in [2.05, 4.69) is 10.3 Å². The van der Waals surface area contributed by atoms with Gasteiger partial charge < -0.3 is 20.5 Å². The minimum Gasteiger partial charge on any atom is -0.486 e. The third-order valence-corrected chi connectivity index (χ3v) is 2.83. The molecule has 0 unspecified atom stereocenters. The van der Waals surface area contributed by atoms with Crippen LogP contribution in [0.2, 0.25) is 0 Å². The fourth-order valence-corrected chi connectivity index (χ4v) is 1.86. The van der Waals surface area contributed by atoms with Crippen LogP contribution in [-0.4, -0.2) is 23.5 Å². The second-order valence-electron chi connectivity index (χ2n) is 5.97. The fraction of sp³-hybridized carbons (Fsp3) is 0.294. The van der Waals surface area contributed by atoms with Crippen LogP contribution in [-0.2, 0) is 0 Å². The van der Waals surface area contributed by atoms with Gasteiger partial charge in [-0.2, -0.15) is 0 Å². The van der Waals surface area contributed by atoms with Gasteiger partial charge in [0.2, 0.25) is 0 Å². The third-order valence-electron chi connectivity index (χ3n) is 2.83. The molecule has 0 aliphatic rings. The number of hydrogen-bond acceptors (Lipinski definition) is 5. The van der Waals surface area contributed by atoms with Crippen molar-refractivity contribution < 1.29 is 14.3 Å². The van der Waals surface area contributed by atoms with E-state index in [0.29, 0.717) is 22.9 Å². The molecule has 0 fully saturated rings. The van der Waals surface area contributed by atoms with Crippen LogP contribution in [0.3, 0.4) is 0 Å². The number of anilines is 1. The molecule has 1 aromatic heterocycles. The minimum atomic E-state index is -0.365. The molecule has 0 saturated carbocycles. The van der Waals surface area contributed by atoms with Crippen LogP contribution >= 0.6 is 0 Å².